The van der Waals surface area contributed by atoms with Crippen LogP contribution in [0.2, 0.25) is 0 Å². The molecule has 0 saturated carbocycles. The van der Waals surface area contributed by atoms with E-state index in [0.717, 1.165) is 0 Å². The summed E-state index contributed by atoms with van der Waals surface area (Å²) in [6, 6.07) is 8.95. The first-order valence-corrected chi connectivity index (χ1v) is 9.72. The van der Waals surface area contributed by atoms with E-state index in [4.69, 9.17) is 11.6 Å². The fraction of sp³-hybridized carbons (Fsp3) is 0.700. The Hall–Kier alpha value is -0.240. The van der Waals surface area contributed by atoms with E-state index in [2.05, 4.69) is 45.0 Å². The predicted octanol–water partition coefficient (Wildman–Crippen LogP) is 3.15. The van der Waals surface area contributed by atoms with Gasteiger partial charge in [0.2, 0.25) is 0 Å². The van der Waals surface area contributed by atoms with Crippen LogP contribution in [0.25, 0.3) is 0 Å². The summed E-state index contributed by atoms with van der Waals surface area (Å²) < 4.78 is 1.27. The number of unbranched alkanes of at least 4 members (excludes halogenated alkanes) is 3. The van der Waals surface area contributed by atoms with E-state index in [-0.39, 0.29) is 12.4 Å². The molecule has 3 heteroatoms. The van der Waals surface area contributed by atoms with Crippen LogP contribution in [0.5, 0.6) is 0 Å². The smallest absolute Gasteiger partial charge is 0.104 e. The normalized spacial score (nSPS) is 11.3. The van der Waals surface area contributed by atoms with Crippen LogP contribution in [-0.2, 0) is 12.4 Å². The molecule has 134 valence electrons. The predicted molar refractivity (Wildman–Crippen MR) is 99.3 cm³/mol. The van der Waals surface area contributed by atoms with Gasteiger partial charge < -0.3 is 16.9 Å². The van der Waals surface area contributed by atoms with Crippen molar-refractivity contribution >= 4 is 11.6 Å². The Morgan fingerprint density at radius 2 is 1.13 bits per heavy atom. The van der Waals surface area contributed by atoms with Gasteiger partial charge in [0.15, 0.2) is 0 Å². The number of halogens is 2. The topological polar surface area (TPSA) is 0 Å². The third kappa shape index (κ3) is 8.42. The SMILES string of the molecule is CCCC[N+](CCCC)(CCCC)Cc1ccc(CCl)cc1.[Cl-]. The van der Waals surface area contributed by atoms with E-state index in [1.807, 2.05) is 0 Å². The van der Waals surface area contributed by atoms with Crippen LogP contribution in [0.1, 0.15) is 70.4 Å². The highest BCUT2D eigenvalue weighted by molar-refractivity contribution is 6.17. The number of rotatable bonds is 12. The van der Waals surface area contributed by atoms with Gasteiger partial charge in [0.05, 0.1) is 19.6 Å². The lowest BCUT2D eigenvalue weighted by Crippen LogP contribution is -3.00. The van der Waals surface area contributed by atoms with Crippen molar-refractivity contribution in [1.29, 1.82) is 0 Å². The van der Waals surface area contributed by atoms with Gasteiger partial charge in [0.1, 0.15) is 6.54 Å². The molecule has 1 rings (SSSR count). The molecule has 0 fully saturated rings. The zero-order valence-electron chi connectivity index (χ0n) is 15.3. The number of alkyl halides is 1. The summed E-state index contributed by atoms with van der Waals surface area (Å²) in [5.74, 6) is 0.613. The van der Waals surface area contributed by atoms with Crippen LogP contribution < -0.4 is 12.4 Å². The maximum atomic E-state index is 5.91. The van der Waals surface area contributed by atoms with Crippen molar-refractivity contribution in [3.63, 3.8) is 0 Å². The van der Waals surface area contributed by atoms with Gasteiger partial charge >= 0.3 is 0 Å². The molecule has 1 nitrogen and oxygen atoms in total. The summed E-state index contributed by atoms with van der Waals surface area (Å²) in [7, 11) is 0. The molecule has 0 aliphatic rings. The number of hydrogen-bond acceptors (Lipinski definition) is 0. The van der Waals surface area contributed by atoms with Crippen LogP contribution in [0, 0.1) is 0 Å². The van der Waals surface area contributed by atoms with Crippen molar-refractivity contribution in [2.24, 2.45) is 0 Å². The molecular weight excluding hydrogens is 325 g/mol. The molecule has 1 aromatic rings. The fourth-order valence-electron chi connectivity index (χ4n) is 3.17. The maximum Gasteiger partial charge on any atom is 0.104 e. The van der Waals surface area contributed by atoms with E-state index in [1.54, 1.807) is 0 Å². The molecule has 0 N–H and O–H groups in total. The fourth-order valence-corrected chi connectivity index (χ4v) is 3.35. The molecule has 0 aromatic heterocycles. The molecule has 0 bridgehead atoms. The average molecular weight is 360 g/mol. The lowest BCUT2D eigenvalue weighted by molar-refractivity contribution is -0.941. The lowest BCUT2D eigenvalue weighted by atomic mass is 10.1. The summed E-state index contributed by atoms with van der Waals surface area (Å²) in [6.45, 7) is 12.1. The Morgan fingerprint density at radius 1 is 0.739 bits per heavy atom. The van der Waals surface area contributed by atoms with Crippen LogP contribution in [-0.4, -0.2) is 24.1 Å². The van der Waals surface area contributed by atoms with Crippen molar-refractivity contribution in [2.45, 2.75) is 71.7 Å². The first-order chi connectivity index (χ1) is 10.7. The number of benzene rings is 1. The van der Waals surface area contributed by atoms with Crippen LogP contribution in [0.15, 0.2) is 24.3 Å². The maximum absolute atomic E-state index is 5.91. The van der Waals surface area contributed by atoms with E-state index >= 15 is 0 Å². The molecule has 0 saturated heterocycles. The van der Waals surface area contributed by atoms with Gasteiger partial charge in [-0.15, -0.1) is 11.6 Å². The summed E-state index contributed by atoms with van der Waals surface area (Å²) in [5, 5.41) is 0. The summed E-state index contributed by atoms with van der Waals surface area (Å²) >= 11 is 5.91. The minimum absolute atomic E-state index is 0. The average Bonchev–Trinajstić information content (AvgIpc) is 2.56. The first-order valence-electron chi connectivity index (χ1n) is 9.18. The van der Waals surface area contributed by atoms with Crippen molar-refractivity contribution in [2.75, 3.05) is 19.6 Å². The summed E-state index contributed by atoms with van der Waals surface area (Å²) in [6.07, 6.45) is 7.91. The zero-order chi connectivity index (χ0) is 16.3. The summed E-state index contributed by atoms with van der Waals surface area (Å²) in [4.78, 5) is 0. The molecule has 0 atom stereocenters. The van der Waals surface area contributed by atoms with E-state index in [9.17, 15) is 0 Å². The van der Waals surface area contributed by atoms with Crippen molar-refractivity contribution in [3.05, 3.63) is 35.4 Å². The number of quaternary nitrogens is 1. The molecule has 23 heavy (non-hydrogen) atoms. The largest absolute Gasteiger partial charge is 1.00 e. The second-order valence-corrected chi connectivity index (χ2v) is 6.95. The molecule has 0 spiro atoms. The van der Waals surface area contributed by atoms with Crippen LogP contribution >= 0.6 is 11.6 Å². The molecule has 0 aliphatic carbocycles. The highest BCUT2D eigenvalue weighted by Crippen LogP contribution is 2.20. The van der Waals surface area contributed by atoms with Crippen molar-refractivity contribution in [3.8, 4) is 0 Å². The quantitative estimate of drug-likeness (QED) is 0.397. The van der Waals surface area contributed by atoms with E-state index in [0.29, 0.717) is 5.88 Å². The monoisotopic (exact) mass is 359 g/mol. The molecule has 0 aliphatic heterocycles. The Morgan fingerprint density at radius 3 is 1.48 bits per heavy atom. The lowest BCUT2D eigenvalue weighted by Gasteiger charge is -2.39. The Bertz CT molecular complexity index is 367. The van der Waals surface area contributed by atoms with Crippen molar-refractivity contribution < 1.29 is 16.9 Å². The highest BCUT2D eigenvalue weighted by Gasteiger charge is 2.26. The van der Waals surface area contributed by atoms with Crippen LogP contribution in [0.3, 0.4) is 0 Å². The molecule has 0 radical (unpaired) electrons. The second kappa shape index (κ2) is 13.1. The highest BCUT2D eigenvalue weighted by atomic mass is 35.5. The van der Waals surface area contributed by atoms with Crippen molar-refractivity contribution in [1.82, 2.24) is 0 Å². The third-order valence-electron chi connectivity index (χ3n) is 4.65. The Labute approximate surface area is 155 Å². The molecule has 0 heterocycles. The first kappa shape index (κ1) is 22.8. The molecule has 0 unspecified atom stereocenters. The van der Waals surface area contributed by atoms with Gasteiger partial charge in [-0.25, -0.2) is 0 Å². The third-order valence-corrected chi connectivity index (χ3v) is 4.96. The van der Waals surface area contributed by atoms with Gasteiger partial charge in [0.25, 0.3) is 0 Å². The Kier molecular flexibility index (Phi) is 13.0. The van der Waals surface area contributed by atoms with E-state index in [1.165, 1.54) is 80.3 Å². The second-order valence-electron chi connectivity index (χ2n) is 6.68. The van der Waals surface area contributed by atoms with Gasteiger partial charge in [-0.3, -0.25) is 0 Å². The van der Waals surface area contributed by atoms with Gasteiger partial charge in [-0.05, 0) is 24.8 Å². The zero-order valence-corrected chi connectivity index (χ0v) is 16.8. The van der Waals surface area contributed by atoms with Crippen LogP contribution in [0.4, 0.5) is 0 Å². The minimum atomic E-state index is 0. The Balaban J connectivity index is 0.00000484. The molecular formula is C20H35Cl2N. The van der Waals surface area contributed by atoms with E-state index < -0.39 is 0 Å². The molecule has 1 aromatic carbocycles. The van der Waals surface area contributed by atoms with Gasteiger partial charge in [-0.1, -0.05) is 64.3 Å². The molecule has 0 amide bonds. The van der Waals surface area contributed by atoms with Gasteiger partial charge in [-0.2, -0.15) is 0 Å². The number of hydrogen-bond donors (Lipinski definition) is 0. The standard InChI is InChI=1S/C20H35ClN.ClH/c1-4-7-14-22(15-8-5-2,16-9-6-3)18-20-12-10-19(17-21)11-13-20;/h10-13H,4-9,14-18H2,1-3H3;1H/q+1;/p-1. The number of nitrogens with zero attached hydrogens (tertiary/aromatic N) is 1. The van der Waals surface area contributed by atoms with Gasteiger partial charge in [0, 0.05) is 11.4 Å². The summed E-state index contributed by atoms with van der Waals surface area (Å²) in [5.41, 5.74) is 2.69. The minimum Gasteiger partial charge on any atom is -1.00 e.